The van der Waals surface area contributed by atoms with Crippen LogP contribution >= 0.6 is 0 Å². The second-order valence-corrected chi connectivity index (χ2v) is 3.45. The maximum atomic E-state index is 11.6. The number of carbonyl (C=O) groups excluding carboxylic acids is 1. The van der Waals surface area contributed by atoms with Crippen molar-refractivity contribution in [2.75, 3.05) is 19.0 Å². The minimum atomic E-state index is -0.391. The maximum absolute atomic E-state index is 11.6. The van der Waals surface area contributed by atoms with Crippen molar-refractivity contribution in [3.8, 4) is 5.88 Å². The predicted octanol–water partition coefficient (Wildman–Crippen LogP) is 0.983. The van der Waals surface area contributed by atoms with Crippen LogP contribution in [0.5, 0.6) is 5.88 Å². The van der Waals surface area contributed by atoms with Crippen molar-refractivity contribution in [3.63, 3.8) is 0 Å². The molecule has 1 atom stereocenters. The zero-order valence-corrected chi connectivity index (χ0v) is 9.93. The van der Waals surface area contributed by atoms with E-state index >= 15 is 0 Å². The lowest BCUT2D eigenvalue weighted by atomic mass is 10.2. The third-order valence-electron chi connectivity index (χ3n) is 2.26. The smallest absolute Gasteiger partial charge is 0.319 e. The molecule has 1 aromatic heterocycles. The number of nitrogens with zero attached hydrogens (tertiary/aromatic N) is 1. The molecule has 0 spiro atoms. The molecule has 0 aromatic carbocycles. The van der Waals surface area contributed by atoms with Crippen molar-refractivity contribution in [2.24, 2.45) is 0 Å². The first-order valence-corrected chi connectivity index (χ1v) is 5.38. The van der Waals surface area contributed by atoms with Gasteiger partial charge in [0.25, 0.3) is 0 Å². The number of ether oxygens (including phenoxy) is 1. The lowest BCUT2D eigenvalue weighted by molar-refractivity contribution is 0.222. The van der Waals surface area contributed by atoms with Crippen molar-refractivity contribution < 1.29 is 14.6 Å². The molecule has 1 rings (SSSR count). The minimum absolute atomic E-state index is 0.0892. The maximum Gasteiger partial charge on any atom is 0.319 e. The van der Waals surface area contributed by atoms with Crippen molar-refractivity contribution >= 4 is 11.7 Å². The summed E-state index contributed by atoms with van der Waals surface area (Å²) < 4.78 is 5.00. The molecule has 3 N–H and O–H groups in total. The number of carbonyl (C=O) groups is 1. The largest absolute Gasteiger partial charge is 0.480 e. The summed E-state index contributed by atoms with van der Waals surface area (Å²) in [6.45, 7) is 1.79. The van der Waals surface area contributed by atoms with Crippen molar-refractivity contribution in [1.29, 1.82) is 0 Å². The predicted molar refractivity (Wildman–Crippen MR) is 64.1 cm³/mol. The van der Waals surface area contributed by atoms with Crippen LogP contribution in [0, 0.1) is 0 Å². The third-order valence-corrected chi connectivity index (χ3v) is 2.26. The standard InChI is InChI=1S/C11H17N3O3/c1-3-8(7-15)13-11(16)14-9-5-4-6-12-10(9)17-2/h4-6,8,15H,3,7H2,1-2H3,(H2,13,14,16)/t8-/m0/s1. The van der Waals surface area contributed by atoms with Crippen LogP contribution in [0.4, 0.5) is 10.5 Å². The second-order valence-electron chi connectivity index (χ2n) is 3.45. The van der Waals surface area contributed by atoms with Crippen molar-refractivity contribution in [3.05, 3.63) is 18.3 Å². The molecule has 0 saturated carbocycles. The van der Waals surface area contributed by atoms with Crippen LogP contribution in [0.25, 0.3) is 0 Å². The molecule has 94 valence electrons. The number of hydrogen-bond donors (Lipinski definition) is 3. The molecule has 0 bridgehead atoms. The number of aliphatic hydroxyl groups excluding tert-OH is 1. The van der Waals surface area contributed by atoms with Gasteiger partial charge in [0.15, 0.2) is 0 Å². The summed E-state index contributed by atoms with van der Waals surface area (Å²) in [5, 5.41) is 14.2. The van der Waals surface area contributed by atoms with Gasteiger partial charge in [0.1, 0.15) is 5.69 Å². The molecule has 6 heteroatoms. The van der Waals surface area contributed by atoms with Gasteiger partial charge < -0.3 is 20.5 Å². The Labute approximate surface area is 100 Å². The molecule has 0 aliphatic carbocycles. The van der Waals surface area contributed by atoms with Crippen LogP contribution in [0.1, 0.15) is 13.3 Å². The van der Waals surface area contributed by atoms with E-state index in [4.69, 9.17) is 9.84 Å². The molecule has 17 heavy (non-hydrogen) atoms. The van der Waals surface area contributed by atoms with Gasteiger partial charge in [0, 0.05) is 6.20 Å². The van der Waals surface area contributed by atoms with Crippen LogP contribution in [0.2, 0.25) is 0 Å². The van der Waals surface area contributed by atoms with Crippen LogP contribution in [-0.4, -0.2) is 35.9 Å². The lowest BCUT2D eigenvalue weighted by Gasteiger charge is -2.15. The Morgan fingerprint density at radius 1 is 1.65 bits per heavy atom. The van der Waals surface area contributed by atoms with Crippen LogP contribution in [-0.2, 0) is 0 Å². The first kappa shape index (κ1) is 13.2. The van der Waals surface area contributed by atoms with E-state index in [9.17, 15) is 4.79 Å². The van der Waals surface area contributed by atoms with E-state index in [-0.39, 0.29) is 12.6 Å². The van der Waals surface area contributed by atoms with Crippen LogP contribution < -0.4 is 15.4 Å². The molecule has 0 saturated heterocycles. The Kier molecular flexibility index (Phi) is 5.22. The number of methoxy groups -OCH3 is 1. The average Bonchev–Trinajstić information content (AvgIpc) is 2.36. The number of rotatable bonds is 5. The zero-order chi connectivity index (χ0) is 12.7. The molecule has 0 fully saturated rings. The van der Waals surface area contributed by atoms with Gasteiger partial charge in [-0.05, 0) is 18.6 Å². The van der Waals surface area contributed by atoms with Crippen molar-refractivity contribution in [1.82, 2.24) is 10.3 Å². The minimum Gasteiger partial charge on any atom is -0.480 e. The summed E-state index contributed by atoms with van der Waals surface area (Å²) in [5.74, 6) is 0.347. The molecule has 0 aliphatic heterocycles. The zero-order valence-electron chi connectivity index (χ0n) is 9.93. The second kappa shape index (κ2) is 6.70. The SMILES string of the molecule is CC[C@@H](CO)NC(=O)Nc1cccnc1OC. The number of pyridine rings is 1. The molecule has 2 amide bonds. The summed E-state index contributed by atoms with van der Waals surface area (Å²) >= 11 is 0. The molecule has 6 nitrogen and oxygen atoms in total. The van der Waals surface area contributed by atoms with Gasteiger partial charge in [-0.2, -0.15) is 0 Å². The Hall–Kier alpha value is -1.82. The highest BCUT2D eigenvalue weighted by Crippen LogP contribution is 2.19. The lowest BCUT2D eigenvalue weighted by Crippen LogP contribution is -2.39. The van der Waals surface area contributed by atoms with Gasteiger partial charge >= 0.3 is 6.03 Å². The first-order chi connectivity index (χ1) is 8.21. The molecular weight excluding hydrogens is 222 g/mol. The fourth-order valence-electron chi connectivity index (χ4n) is 1.27. The first-order valence-electron chi connectivity index (χ1n) is 5.38. The normalized spacial score (nSPS) is 11.7. The summed E-state index contributed by atoms with van der Waals surface area (Å²) in [5.41, 5.74) is 0.486. The van der Waals surface area contributed by atoms with E-state index in [1.807, 2.05) is 6.92 Å². The highest BCUT2D eigenvalue weighted by atomic mass is 16.5. The summed E-state index contributed by atoms with van der Waals surface area (Å²) in [6, 6.07) is 2.74. The van der Waals surface area contributed by atoms with Crippen molar-refractivity contribution in [2.45, 2.75) is 19.4 Å². The number of hydrogen-bond acceptors (Lipinski definition) is 4. The molecule has 1 aromatic rings. The van der Waals surface area contributed by atoms with E-state index in [0.29, 0.717) is 18.0 Å². The van der Waals surface area contributed by atoms with E-state index in [2.05, 4.69) is 15.6 Å². The Balaban J connectivity index is 2.61. The number of aliphatic hydroxyl groups is 1. The molecule has 0 aliphatic rings. The summed E-state index contributed by atoms with van der Waals surface area (Å²) in [4.78, 5) is 15.5. The average molecular weight is 239 g/mol. The highest BCUT2D eigenvalue weighted by molar-refractivity contribution is 5.90. The van der Waals surface area contributed by atoms with Gasteiger partial charge in [-0.25, -0.2) is 9.78 Å². The number of urea groups is 1. The van der Waals surface area contributed by atoms with E-state index in [1.54, 1.807) is 18.3 Å². The monoisotopic (exact) mass is 239 g/mol. The molecule has 0 unspecified atom stereocenters. The fraction of sp³-hybridized carbons (Fsp3) is 0.455. The van der Waals surface area contributed by atoms with Gasteiger partial charge in [-0.15, -0.1) is 0 Å². The number of nitrogens with one attached hydrogen (secondary N) is 2. The Bertz CT molecular complexity index is 367. The molecule has 1 heterocycles. The highest BCUT2D eigenvalue weighted by Gasteiger charge is 2.11. The fourth-order valence-corrected chi connectivity index (χ4v) is 1.27. The number of amides is 2. The van der Waals surface area contributed by atoms with Gasteiger partial charge in [-0.1, -0.05) is 6.92 Å². The van der Waals surface area contributed by atoms with Crippen LogP contribution in [0.3, 0.4) is 0 Å². The molecule has 0 radical (unpaired) electrons. The Morgan fingerprint density at radius 3 is 3.00 bits per heavy atom. The van der Waals surface area contributed by atoms with Gasteiger partial charge in [0.05, 0.1) is 19.8 Å². The van der Waals surface area contributed by atoms with E-state index < -0.39 is 6.03 Å². The van der Waals surface area contributed by atoms with E-state index in [0.717, 1.165) is 0 Å². The quantitative estimate of drug-likeness (QED) is 0.715. The Morgan fingerprint density at radius 2 is 2.41 bits per heavy atom. The van der Waals surface area contributed by atoms with Gasteiger partial charge in [0.2, 0.25) is 5.88 Å². The molecular formula is C11H17N3O3. The summed E-state index contributed by atoms with van der Waals surface area (Å²) in [6.07, 6.45) is 2.23. The number of anilines is 1. The van der Waals surface area contributed by atoms with Crippen LogP contribution in [0.15, 0.2) is 18.3 Å². The van der Waals surface area contributed by atoms with Gasteiger partial charge in [-0.3, -0.25) is 0 Å². The topological polar surface area (TPSA) is 83.5 Å². The third kappa shape index (κ3) is 3.92. The number of aromatic nitrogens is 1. The van der Waals surface area contributed by atoms with E-state index in [1.165, 1.54) is 7.11 Å². The summed E-state index contributed by atoms with van der Waals surface area (Å²) in [7, 11) is 1.48.